The Labute approximate surface area is 167 Å². The van der Waals surface area contributed by atoms with Gasteiger partial charge in [-0.2, -0.15) is 0 Å². The van der Waals surface area contributed by atoms with E-state index in [-0.39, 0.29) is 27.9 Å². The van der Waals surface area contributed by atoms with Crippen molar-refractivity contribution < 1.29 is 13.2 Å². The Balaban J connectivity index is 1.92. The Morgan fingerprint density at radius 3 is 2.89 bits per heavy atom. The molecule has 6 nitrogen and oxygen atoms in total. The summed E-state index contributed by atoms with van der Waals surface area (Å²) >= 11 is 6.01. The number of halogens is 1. The van der Waals surface area contributed by atoms with E-state index in [1.807, 2.05) is 0 Å². The lowest BCUT2D eigenvalue weighted by Crippen LogP contribution is -2.39. The monoisotopic (exact) mass is 413 g/mol. The summed E-state index contributed by atoms with van der Waals surface area (Å²) in [5, 5.41) is 2.93. The van der Waals surface area contributed by atoms with E-state index in [9.17, 15) is 13.2 Å². The Kier molecular flexibility index (Phi) is 8.28. The van der Waals surface area contributed by atoms with Crippen molar-refractivity contribution in [2.45, 2.75) is 43.5 Å². The number of hydrogen-bond acceptors (Lipinski definition) is 4. The maximum atomic E-state index is 12.4. The number of likely N-dealkylation sites (tertiary alicyclic amines) is 1. The summed E-state index contributed by atoms with van der Waals surface area (Å²) in [4.78, 5) is 14.7. The number of amides is 1. The SMILES string of the molecule is C=CCNS(=O)(=O)c1cc(C(=O)NCCCN2CCCC[C@H]2C)ccc1Cl. The fourth-order valence-corrected chi connectivity index (χ4v) is 4.69. The van der Waals surface area contributed by atoms with Crippen molar-refractivity contribution in [3.63, 3.8) is 0 Å². The van der Waals surface area contributed by atoms with Gasteiger partial charge in [-0.1, -0.05) is 24.1 Å². The quantitative estimate of drug-likeness (QED) is 0.482. The van der Waals surface area contributed by atoms with Crippen molar-refractivity contribution in [1.29, 1.82) is 0 Å². The normalized spacial score (nSPS) is 18.2. The molecule has 27 heavy (non-hydrogen) atoms. The highest BCUT2D eigenvalue weighted by Crippen LogP contribution is 2.22. The van der Waals surface area contributed by atoms with Gasteiger partial charge in [0.2, 0.25) is 10.0 Å². The van der Waals surface area contributed by atoms with Crippen LogP contribution in [0.4, 0.5) is 0 Å². The third-order valence-electron chi connectivity index (χ3n) is 4.75. The van der Waals surface area contributed by atoms with Crippen LogP contribution in [0.5, 0.6) is 0 Å². The number of rotatable bonds is 9. The van der Waals surface area contributed by atoms with Crippen LogP contribution in [-0.4, -0.2) is 51.4 Å². The Hall–Kier alpha value is -1.41. The second kappa shape index (κ2) is 10.2. The average Bonchev–Trinajstić information content (AvgIpc) is 2.65. The molecule has 0 spiro atoms. The van der Waals surface area contributed by atoms with Gasteiger partial charge in [0, 0.05) is 31.2 Å². The topological polar surface area (TPSA) is 78.5 Å². The highest BCUT2D eigenvalue weighted by molar-refractivity contribution is 7.89. The van der Waals surface area contributed by atoms with Crippen molar-refractivity contribution in [1.82, 2.24) is 14.9 Å². The van der Waals surface area contributed by atoms with Gasteiger partial charge >= 0.3 is 0 Å². The number of sulfonamides is 1. The van der Waals surface area contributed by atoms with Gasteiger partial charge in [-0.05, 0) is 50.9 Å². The minimum atomic E-state index is -3.79. The van der Waals surface area contributed by atoms with Crippen molar-refractivity contribution in [2.75, 3.05) is 26.2 Å². The van der Waals surface area contributed by atoms with E-state index < -0.39 is 10.0 Å². The molecule has 1 saturated heterocycles. The molecule has 0 radical (unpaired) electrons. The smallest absolute Gasteiger partial charge is 0.251 e. The Morgan fingerprint density at radius 2 is 2.19 bits per heavy atom. The fourth-order valence-electron chi connectivity index (χ4n) is 3.17. The first-order chi connectivity index (χ1) is 12.8. The fraction of sp³-hybridized carbons (Fsp3) is 0.526. The van der Waals surface area contributed by atoms with Gasteiger partial charge in [0.05, 0.1) is 5.02 Å². The predicted octanol–water partition coefficient (Wildman–Crippen LogP) is 2.80. The van der Waals surface area contributed by atoms with E-state index in [0.29, 0.717) is 12.6 Å². The summed E-state index contributed by atoms with van der Waals surface area (Å²) in [6, 6.07) is 4.85. The maximum absolute atomic E-state index is 12.4. The zero-order chi connectivity index (χ0) is 19.9. The van der Waals surface area contributed by atoms with Crippen molar-refractivity contribution in [3.8, 4) is 0 Å². The van der Waals surface area contributed by atoms with E-state index in [1.54, 1.807) is 0 Å². The Bertz CT molecular complexity index is 767. The van der Waals surface area contributed by atoms with E-state index >= 15 is 0 Å². The molecule has 1 aromatic carbocycles. The lowest BCUT2D eigenvalue weighted by Gasteiger charge is -2.33. The second-order valence-electron chi connectivity index (χ2n) is 6.78. The average molecular weight is 414 g/mol. The number of carbonyl (C=O) groups excluding carboxylic acids is 1. The van der Waals surface area contributed by atoms with Crippen LogP contribution in [0.15, 0.2) is 35.7 Å². The number of hydrogen-bond donors (Lipinski definition) is 2. The summed E-state index contributed by atoms with van der Waals surface area (Å²) in [7, 11) is -3.79. The first-order valence-corrected chi connectivity index (χ1v) is 11.1. The van der Waals surface area contributed by atoms with Crippen molar-refractivity contribution >= 4 is 27.5 Å². The highest BCUT2D eigenvalue weighted by atomic mass is 35.5. The molecule has 0 bridgehead atoms. The van der Waals surface area contributed by atoms with Crippen LogP contribution in [0.3, 0.4) is 0 Å². The summed E-state index contributed by atoms with van der Waals surface area (Å²) in [6.07, 6.45) is 6.05. The molecule has 150 valence electrons. The first kappa shape index (κ1) is 21.9. The molecule has 2 N–H and O–H groups in total. The maximum Gasteiger partial charge on any atom is 0.251 e. The first-order valence-electron chi connectivity index (χ1n) is 9.27. The van der Waals surface area contributed by atoms with Crippen LogP contribution in [0.2, 0.25) is 5.02 Å². The minimum absolute atomic E-state index is 0.0715. The lowest BCUT2D eigenvalue weighted by atomic mass is 10.0. The molecule has 1 aliphatic rings. The second-order valence-corrected chi connectivity index (χ2v) is 8.92. The Morgan fingerprint density at radius 1 is 1.41 bits per heavy atom. The van der Waals surface area contributed by atoms with Crippen LogP contribution < -0.4 is 10.0 Å². The van der Waals surface area contributed by atoms with Gasteiger partial charge in [-0.25, -0.2) is 13.1 Å². The standard InChI is InChI=1S/C19H28ClN3O3S/c1-3-10-22-27(25,26)18-14-16(8-9-17(18)20)19(24)21-11-6-13-23-12-5-4-7-15(23)2/h3,8-9,14-15,22H,1,4-7,10-13H2,2H3,(H,21,24)/t15-/m1/s1. The molecule has 1 amide bonds. The van der Waals surface area contributed by atoms with Gasteiger partial charge in [0.15, 0.2) is 0 Å². The van der Waals surface area contributed by atoms with E-state index in [0.717, 1.165) is 19.5 Å². The van der Waals surface area contributed by atoms with Crippen LogP contribution in [0.25, 0.3) is 0 Å². The summed E-state index contributed by atoms with van der Waals surface area (Å²) in [6.45, 7) is 8.42. The molecule has 1 aromatic rings. The van der Waals surface area contributed by atoms with Gasteiger partial charge in [0.1, 0.15) is 4.90 Å². The number of carbonyl (C=O) groups is 1. The van der Waals surface area contributed by atoms with Crippen LogP contribution in [0, 0.1) is 0 Å². The molecule has 2 rings (SSSR count). The van der Waals surface area contributed by atoms with E-state index in [4.69, 9.17) is 11.6 Å². The third kappa shape index (κ3) is 6.31. The number of nitrogens with zero attached hydrogens (tertiary/aromatic N) is 1. The summed E-state index contributed by atoms with van der Waals surface area (Å²) in [5.74, 6) is -0.307. The molecule has 0 aromatic heterocycles. The molecule has 1 atom stereocenters. The molecular formula is C19H28ClN3O3S. The molecule has 8 heteroatoms. The van der Waals surface area contributed by atoms with Crippen LogP contribution in [-0.2, 0) is 10.0 Å². The summed E-state index contributed by atoms with van der Waals surface area (Å²) in [5.41, 5.74) is 0.268. The van der Waals surface area contributed by atoms with Crippen LogP contribution >= 0.6 is 11.6 Å². The van der Waals surface area contributed by atoms with Crippen molar-refractivity contribution in [2.24, 2.45) is 0 Å². The van der Waals surface area contributed by atoms with Gasteiger partial charge in [-0.3, -0.25) is 4.79 Å². The van der Waals surface area contributed by atoms with Crippen molar-refractivity contribution in [3.05, 3.63) is 41.4 Å². The minimum Gasteiger partial charge on any atom is -0.352 e. The molecule has 0 saturated carbocycles. The van der Waals surface area contributed by atoms with E-state index in [2.05, 4.69) is 28.4 Å². The number of nitrogens with one attached hydrogen (secondary N) is 2. The van der Waals surface area contributed by atoms with Gasteiger partial charge in [-0.15, -0.1) is 6.58 Å². The largest absolute Gasteiger partial charge is 0.352 e. The molecule has 1 aliphatic heterocycles. The molecular weight excluding hydrogens is 386 g/mol. The molecule has 1 heterocycles. The zero-order valence-corrected chi connectivity index (χ0v) is 17.3. The molecule has 1 fully saturated rings. The van der Waals surface area contributed by atoms with Gasteiger partial charge < -0.3 is 10.2 Å². The molecule has 0 aliphatic carbocycles. The van der Waals surface area contributed by atoms with Crippen LogP contribution in [0.1, 0.15) is 43.0 Å². The number of benzene rings is 1. The predicted molar refractivity (Wildman–Crippen MR) is 109 cm³/mol. The lowest BCUT2D eigenvalue weighted by molar-refractivity contribution is 0.0948. The molecule has 0 unspecified atom stereocenters. The highest BCUT2D eigenvalue weighted by Gasteiger charge is 2.20. The summed E-state index contributed by atoms with van der Waals surface area (Å²) < 4.78 is 26.9. The zero-order valence-electron chi connectivity index (χ0n) is 15.7. The third-order valence-corrected chi connectivity index (χ3v) is 6.65. The van der Waals surface area contributed by atoms with E-state index in [1.165, 1.54) is 43.5 Å². The van der Waals surface area contributed by atoms with Gasteiger partial charge in [0.25, 0.3) is 5.91 Å². The number of piperidine rings is 1.